The number of rotatable bonds is 11. The molecule has 2 aromatic heterocycles. The molecule has 0 radical (unpaired) electrons. The highest BCUT2D eigenvalue weighted by Crippen LogP contribution is 2.33. The number of anilines is 2. The van der Waals surface area contributed by atoms with Crippen LogP contribution in [0.3, 0.4) is 0 Å². The van der Waals surface area contributed by atoms with Crippen LogP contribution in [0.15, 0.2) is 108 Å². The van der Waals surface area contributed by atoms with Crippen LogP contribution < -0.4 is 15.4 Å². The van der Waals surface area contributed by atoms with Gasteiger partial charge < -0.3 is 19.8 Å². The summed E-state index contributed by atoms with van der Waals surface area (Å²) in [5.74, 6) is 2.17. The number of fused-ring (bicyclic) bond motifs is 1. The number of halogens is 2. The fourth-order valence-corrected chi connectivity index (χ4v) is 5.41. The largest absolute Gasteiger partial charge is 0.487 e. The summed E-state index contributed by atoms with van der Waals surface area (Å²) in [5, 5.41) is 7.56. The van der Waals surface area contributed by atoms with Crippen molar-refractivity contribution >= 4 is 43.8 Å². The molecule has 6 aromatic rings. The molecule has 0 bridgehead atoms. The maximum Gasteiger partial charge on any atom is 0.148 e. The van der Waals surface area contributed by atoms with E-state index in [1.807, 2.05) is 36.4 Å². The van der Waals surface area contributed by atoms with Gasteiger partial charge in [0, 0.05) is 29.4 Å². The number of ether oxygens (including phenoxy) is 1. The minimum atomic E-state index is -3.02. The second kappa shape index (κ2) is 15.9. The molecule has 0 spiro atoms. The van der Waals surface area contributed by atoms with E-state index in [2.05, 4.69) is 58.7 Å². The molecule has 0 amide bonds. The van der Waals surface area contributed by atoms with Gasteiger partial charge >= 0.3 is 0 Å². The standard InChI is InChI=1S/C29H26ClFN4O4S.C8H10/c1-40(36,37)12-11-32-16-23-7-10-27(39-23)20-5-8-26-24(14-20)29(34-18-33-26)35-22-6-9-28(25(30)15-22)38-17-19-3-2-4-21(31)13-19;1-7-3-5-8(2)6-4-7/h2-10,13-15,18,32H,11-12,16-17H2,1H3,(H,33,34,35);3-6H,1-2H3. The number of nitrogens with zero attached hydrogens (tertiary/aromatic N) is 2. The second-order valence-corrected chi connectivity index (χ2v) is 14.0. The fraction of sp³-hybridized carbons (Fsp3) is 0.189. The Morgan fingerprint density at radius 2 is 1.67 bits per heavy atom. The number of nitrogens with one attached hydrogen (secondary N) is 2. The minimum Gasteiger partial charge on any atom is -0.487 e. The van der Waals surface area contributed by atoms with Gasteiger partial charge in [0.2, 0.25) is 0 Å². The van der Waals surface area contributed by atoms with Crippen LogP contribution in [0.4, 0.5) is 15.9 Å². The molecule has 0 saturated heterocycles. The molecule has 6 rings (SSSR count). The third-order valence-corrected chi connectivity index (χ3v) is 8.47. The number of sulfone groups is 1. The fourth-order valence-electron chi connectivity index (χ4n) is 4.66. The zero-order chi connectivity index (χ0) is 34.1. The van der Waals surface area contributed by atoms with Gasteiger partial charge in [0.05, 0.1) is 22.8 Å². The van der Waals surface area contributed by atoms with Crippen LogP contribution in [0.25, 0.3) is 22.2 Å². The maximum atomic E-state index is 13.4. The van der Waals surface area contributed by atoms with Crippen molar-refractivity contribution in [1.29, 1.82) is 0 Å². The van der Waals surface area contributed by atoms with E-state index >= 15 is 0 Å². The molecule has 48 heavy (non-hydrogen) atoms. The van der Waals surface area contributed by atoms with Crippen molar-refractivity contribution in [3.8, 4) is 17.1 Å². The Bertz CT molecular complexity index is 2080. The van der Waals surface area contributed by atoms with Crippen LogP contribution in [-0.2, 0) is 23.0 Å². The van der Waals surface area contributed by atoms with E-state index in [0.29, 0.717) is 52.5 Å². The first kappa shape index (κ1) is 34.6. The van der Waals surface area contributed by atoms with Crippen molar-refractivity contribution in [3.63, 3.8) is 0 Å². The van der Waals surface area contributed by atoms with Crippen molar-refractivity contribution in [2.75, 3.05) is 23.9 Å². The molecule has 11 heteroatoms. The molecule has 2 N–H and O–H groups in total. The first-order valence-electron chi connectivity index (χ1n) is 15.2. The lowest BCUT2D eigenvalue weighted by atomic mass is 10.1. The molecule has 0 unspecified atom stereocenters. The van der Waals surface area contributed by atoms with Crippen molar-refractivity contribution in [1.82, 2.24) is 15.3 Å². The van der Waals surface area contributed by atoms with Gasteiger partial charge in [0.15, 0.2) is 0 Å². The highest BCUT2D eigenvalue weighted by atomic mass is 35.5. The SMILES string of the molecule is CS(=O)(=O)CCNCc1ccc(-c2ccc3ncnc(Nc4ccc(OCc5cccc(F)c5)c(Cl)c4)c3c2)o1.Cc1ccc(C)cc1. The van der Waals surface area contributed by atoms with Gasteiger partial charge in [0.1, 0.15) is 51.7 Å². The molecule has 0 saturated carbocycles. The van der Waals surface area contributed by atoms with Gasteiger partial charge in [-0.3, -0.25) is 0 Å². The number of hydrogen-bond acceptors (Lipinski definition) is 8. The topological polar surface area (TPSA) is 106 Å². The zero-order valence-electron chi connectivity index (χ0n) is 26.8. The molecular weight excluding hydrogens is 651 g/mol. The predicted molar refractivity (Wildman–Crippen MR) is 190 cm³/mol. The Morgan fingerprint density at radius 1 is 0.896 bits per heavy atom. The lowest BCUT2D eigenvalue weighted by molar-refractivity contribution is 0.306. The third kappa shape index (κ3) is 10.1. The zero-order valence-corrected chi connectivity index (χ0v) is 28.4. The lowest BCUT2D eigenvalue weighted by Gasteiger charge is -2.12. The van der Waals surface area contributed by atoms with Crippen LogP contribution in [-0.4, -0.2) is 36.9 Å². The summed E-state index contributed by atoms with van der Waals surface area (Å²) < 4.78 is 47.8. The van der Waals surface area contributed by atoms with Crippen molar-refractivity contribution in [3.05, 3.63) is 137 Å². The van der Waals surface area contributed by atoms with Gasteiger partial charge in [0.25, 0.3) is 0 Å². The summed E-state index contributed by atoms with van der Waals surface area (Å²) in [4.78, 5) is 8.80. The summed E-state index contributed by atoms with van der Waals surface area (Å²) in [6.07, 6.45) is 2.69. The van der Waals surface area contributed by atoms with Crippen LogP contribution >= 0.6 is 11.6 Å². The second-order valence-electron chi connectivity index (χ2n) is 11.4. The Kier molecular flexibility index (Phi) is 11.4. The molecule has 0 aliphatic heterocycles. The van der Waals surface area contributed by atoms with E-state index in [-0.39, 0.29) is 18.2 Å². The third-order valence-electron chi connectivity index (χ3n) is 7.23. The monoisotopic (exact) mass is 686 g/mol. The van der Waals surface area contributed by atoms with E-state index in [9.17, 15) is 12.8 Å². The van der Waals surface area contributed by atoms with Crippen molar-refractivity contribution in [2.45, 2.75) is 27.0 Å². The Labute approximate surface area is 284 Å². The quantitative estimate of drug-likeness (QED) is 0.131. The minimum absolute atomic E-state index is 0.0664. The summed E-state index contributed by atoms with van der Waals surface area (Å²) in [7, 11) is -3.02. The molecule has 0 aliphatic rings. The highest BCUT2D eigenvalue weighted by Gasteiger charge is 2.11. The first-order valence-corrected chi connectivity index (χ1v) is 17.7. The molecule has 2 heterocycles. The van der Waals surface area contributed by atoms with Crippen LogP contribution in [0.1, 0.15) is 22.5 Å². The normalized spacial score (nSPS) is 11.2. The molecule has 4 aromatic carbocycles. The predicted octanol–water partition coefficient (Wildman–Crippen LogP) is 8.44. The molecule has 248 valence electrons. The van der Waals surface area contributed by atoms with Gasteiger partial charge in [-0.05, 0) is 80.1 Å². The van der Waals surface area contributed by atoms with Gasteiger partial charge in [-0.25, -0.2) is 22.8 Å². The van der Waals surface area contributed by atoms with Crippen molar-refractivity contribution < 1.29 is 22.0 Å². The van der Waals surface area contributed by atoms with Gasteiger partial charge in [-0.15, -0.1) is 0 Å². The number of aryl methyl sites for hydroxylation is 2. The number of benzene rings is 4. The van der Waals surface area contributed by atoms with Gasteiger partial charge in [-0.1, -0.05) is 59.1 Å². The van der Waals surface area contributed by atoms with E-state index in [4.69, 9.17) is 20.8 Å². The average Bonchev–Trinajstić information content (AvgIpc) is 3.53. The van der Waals surface area contributed by atoms with Crippen molar-refractivity contribution in [2.24, 2.45) is 0 Å². The van der Waals surface area contributed by atoms with E-state index in [1.165, 1.54) is 35.8 Å². The maximum absolute atomic E-state index is 13.4. The number of furan rings is 1. The number of aromatic nitrogens is 2. The molecule has 0 atom stereocenters. The van der Waals surface area contributed by atoms with Crippen LogP contribution in [0.5, 0.6) is 5.75 Å². The number of hydrogen-bond donors (Lipinski definition) is 2. The van der Waals surface area contributed by atoms with Crippen LogP contribution in [0, 0.1) is 19.7 Å². The molecule has 0 fully saturated rings. The Hall–Kier alpha value is -4.77. The summed E-state index contributed by atoms with van der Waals surface area (Å²) >= 11 is 6.47. The lowest BCUT2D eigenvalue weighted by Crippen LogP contribution is -2.21. The molecular formula is C37H36ClFN4O4S. The van der Waals surface area contributed by atoms with E-state index < -0.39 is 9.84 Å². The van der Waals surface area contributed by atoms with E-state index in [0.717, 1.165) is 16.5 Å². The average molecular weight is 687 g/mol. The van der Waals surface area contributed by atoms with Gasteiger partial charge in [-0.2, -0.15) is 0 Å². The molecule has 0 aliphatic carbocycles. The molecule has 8 nitrogen and oxygen atoms in total. The van der Waals surface area contributed by atoms with Crippen LogP contribution in [0.2, 0.25) is 5.02 Å². The van der Waals surface area contributed by atoms with E-state index in [1.54, 1.807) is 24.3 Å². The summed E-state index contributed by atoms with van der Waals surface area (Å²) in [6.45, 7) is 5.15. The highest BCUT2D eigenvalue weighted by molar-refractivity contribution is 7.90. The smallest absolute Gasteiger partial charge is 0.148 e. The first-order chi connectivity index (χ1) is 23.0. The summed E-state index contributed by atoms with van der Waals surface area (Å²) in [6, 6.07) is 29.5. The summed E-state index contributed by atoms with van der Waals surface area (Å²) in [5.41, 5.74) is 5.65. The Balaban J connectivity index is 0.000000494. The Morgan fingerprint density at radius 3 is 2.38 bits per heavy atom.